The number of esters is 1. The second-order valence-electron chi connectivity index (χ2n) is 5.93. The molecule has 1 N–H and O–H groups in total. The Morgan fingerprint density at radius 1 is 1.15 bits per heavy atom. The zero-order chi connectivity index (χ0) is 19.3. The van der Waals surface area contributed by atoms with E-state index in [-0.39, 0.29) is 23.1 Å². The molecular formula is C20H22ClNO4. The standard InChI is InChI=1S/C20H22ClNO4/c1-5-25-20(24)16-11-15(8-9-17(16)21)22-19(23)14(4)26-18-10-12(2)6-7-13(18)3/h6-11,14H,5H2,1-4H3,(H,22,23). The number of amides is 1. The Kier molecular flexibility index (Phi) is 6.64. The third kappa shape index (κ3) is 4.99. The van der Waals surface area contributed by atoms with E-state index in [4.69, 9.17) is 21.1 Å². The molecule has 0 radical (unpaired) electrons. The van der Waals surface area contributed by atoms with Crippen LogP contribution in [-0.2, 0) is 9.53 Å². The van der Waals surface area contributed by atoms with Crippen LogP contribution >= 0.6 is 11.6 Å². The van der Waals surface area contributed by atoms with Crippen molar-refractivity contribution in [1.29, 1.82) is 0 Å². The number of hydrogen-bond donors (Lipinski definition) is 1. The quantitative estimate of drug-likeness (QED) is 0.753. The number of carbonyl (C=O) groups excluding carboxylic acids is 2. The topological polar surface area (TPSA) is 64.6 Å². The van der Waals surface area contributed by atoms with Crippen LogP contribution in [-0.4, -0.2) is 24.6 Å². The molecule has 0 aliphatic heterocycles. The van der Waals surface area contributed by atoms with Crippen molar-refractivity contribution in [2.75, 3.05) is 11.9 Å². The van der Waals surface area contributed by atoms with Crippen molar-refractivity contribution in [2.24, 2.45) is 0 Å². The Morgan fingerprint density at radius 3 is 2.58 bits per heavy atom. The molecule has 2 rings (SSSR count). The molecule has 6 heteroatoms. The molecular weight excluding hydrogens is 354 g/mol. The molecule has 0 aliphatic rings. The first-order chi connectivity index (χ1) is 12.3. The van der Waals surface area contributed by atoms with Crippen molar-refractivity contribution in [3.8, 4) is 5.75 Å². The SMILES string of the molecule is CCOC(=O)c1cc(NC(=O)C(C)Oc2cc(C)ccc2C)ccc1Cl. The van der Waals surface area contributed by atoms with Crippen LogP contribution in [0.15, 0.2) is 36.4 Å². The van der Waals surface area contributed by atoms with Crippen LogP contribution in [0.5, 0.6) is 5.75 Å². The van der Waals surface area contributed by atoms with Crippen LogP contribution in [0.2, 0.25) is 5.02 Å². The largest absolute Gasteiger partial charge is 0.481 e. The number of nitrogens with one attached hydrogen (secondary N) is 1. The summed E-state index contributed by atoms with van der Waals surface area (Å²) in [6, 6.07) is 10.5. The van der Waals surface area contributed by atoms with Gasteiger partial charge in [0.05, 0.1) is 17.2 Å². The molecule has 0 bridgehead atoms. The minimum atomic E-state index is -0.711. The van der Waals surface area contributed by atoms with Crippen molar-refractivity contribution in [3.05, 3.63) is 58.1 Å². The molecule has 0 aliphatic carbocycles. The smallest absolute Gasteiger partial charge is 0.339 e. The highest BCUT2D eigenvalue weighted by Gasteiger charge is 2.18. The second-order valence-corrected chi connectivity index (χ2v) is 6.34. The van der Waals surface area contributed by atoms with Crippen LogP contribution in [0.25, 0.3) is 0 Å². The van der Waals surface area contributed by atoms with Gasteiger partial charge in [-0.2, -0.15) is 0 Å². The van der Waals surface area contributed by atoms with Crippen molar-refractivity contribution in [1.82, 2.24) is 0 Å². The van der Waals surface area contributed by atoms with Gasteiger partial charge < -0.3 is 14.8 Å². The molecule has 0 spiro atoms. The van der Waals surface area contributed by atoms with Crippen LogP contribution in [0, 0.1) is 13.8 Å². The molecule has 0 saturated heterocycles. The van der Waals surface area contributed by atoms with E-state index in [0.717, 1.165) is 11.1 Å². The van der Waals surface area contributed by atoms with Crippen molar-refractivity contribution < 1.29 is 19.1 Å². The summed E-state index contributed by atoms with van der Waals surface area (Å²) in [5, 5.41) is 3.00. The molecule has 2 aromatic carbocycles. The van der Waals surface area contributed by atoms with Gasteiger partial charge in [0.1, 0.15) is 5.75 Å². The molecule has 5 nitrogen and oxygen atoms in total. The average Bonchev–Trinajstić information content (AvgIpc) is 2.59. The molecule has 0 aromatic heterocycles. The first-order valence-corrected chi connectivity index (χ1v) is 8.71. The zero-order valence-electron chi connectivity index (χ0n) is 15.3. The maximum absolute atomic E-state index is 12.4. The third-order valence-corrected chi connectivity index (χ3v) is 4.08. The zero-order valence-corrected chi connectivity index (χ0v) is 16.0. The highest BCUT2D eigenvalue weighted by molar-refractivity contribution is 6.33. The third-order valence-electron chi connectivity index (χ3n) is 3.75. The van der Waals surface area contributed by atoms with E-state index in [1.165, 1.54) is 6.07 Å². The number of halogens is 1. The lowest BCUT2D eigenvalue weighted by molar-refractivity contribution is -0.122. The number of benzene rings is 2. The van der Waals surface area contributed by atoms with Crippen molar-refractivity contribution in [3.63, 3.8) is 0 Å². The van der Waals surface area contributed by atoms with E-state index in [1.807, 2.05) is 32.0 Å². The lowest BCUT2D eigenvalue weighted by atomic mass is 10.1. The van der Waals surface area contributed by atoms with Gasteiger partial charge in [0.15, 0.2) is 6.10 Å². The molecule has 26 heavy (non-hydrogen) atoms. The predicted octanol–water partition coefficient (Wildman–Crippen LogP) is 4.54. The van der Waals surface area contributed by atoms with Gasteiger partial charge in [0.25, 0.3) is 5.91 Å². The minimum Gasteiger partial charge on any atom is -0.481 e. The van der Waals surface area contributed by atoms with Crippen molar-refractivity contribution in [2.45, 2.75) is 33.8 Å². The van der Waals surface area contributed by atoms with Gasteiger partial charge in [-0.1, -0.05) is 23.7 Å². The predicted molar refractivity (Wildman–Crippen MR) is 102 cm³/mol. The van der Waals surface area contributed by atoms with E-state index >= 15 is 0 Å². The molecule has 0 heterocycles. The van der Waals surface area contributed by atoms with Crippen molar-refractivity contribution >= 4 is 29.2 Å². The van der Waals surface area contributed by atoms with Gasteiger partial charge in [-0.3, -0.25) is 4.79 Å². The molecule has 2 aromatic rings. The van der Waals surface area contributed by atoms with E-state index in [0.29, 0.717) is 11.4 Å². The van der Waals surface area contributed by atoms with Crippen LogP contribution in [0.1, 0.15) is 35.3 Å². The number of aryl methyl sites for hydroxylation is 2. The van der Waals surface area contributed by atoms with Crippen LogP contribution in [0.3, 0.4) is 0 Å². The van der Waals surface area contributed by atoms with E-state index in [9.17, 15) is 9.59 Å². The summed E-state index contributed by atoms with van der Waals surface area (Å²) in [5.41, 5.74) is 2.65. The Hall–Kier alpha value is -2.53. The van der Waals surface area contributed by atoms with Gasteiger partial charge in [-0.05, 0) is 63.1 Å². The highest BCUT2D eigenvalue weighted by Crippen LogP contribution is 2.23. The molecule has 138 valence electrons. The maximum Gasteiger partial charge on any atom is 0.339 e. The van der Waals surface area contributed by atoms with Gasteiger partial charge in [-0.15, -0.1) is 0 Å². The van der Waals surface area contributed by atoms with Crippen LogP contribution < -0.4 is 10.1 Å². The maximum atomic E-state index is 12.4. The molecule has 0 fully saturated rings. The normalized spacial score (nSPS) is 11.6. The average molecular weight is 376 g/mol. The number of anilines is 1. The Balaban J connectivity index is 2.10. The molecule has 1 unspecified atom stereocenters. The number of ether oxygens (including phenoxy) is 2. The summed E-state index contributed by atoms with van der Waals surface area (Å²) < 4.78 is 10.7. The Labute approximate surface area is 158 Å². The van der Waals surface area contributed by atoms with E-state index in [1.54, 1.807) is 26.0 Å². The summed E-state index contributed by atoms with van der Waals surface area (Å²) in [6.45, 7) is 7.50. The lowest BCUT2D eigenvalue weighted by Crippen LogP contribution is -2.30. The molecule has 1 atom stereocenters. The highest BCUT2D eigenvalue weighted by atomic mass is 35.5. The number of carbonyl (C=O) groups is 2. The second kappa shape index (κ2) is 8.72. The summed E-state index contributed by atoms with van der Waals surface area (Å²) in [5.74, 6) is -0.202. The van der Waals surface area contributed by atoms with Crippen LogP contribution in [0.4, 0.5) is 5.69 Å². The van der Waals surface area contributed by atoms with Gasteiger partial charge in [0.2, 0.25) is 0 Å². The Bertz CT molecular complexity index is 819. The summed E-state index contributed by atoms with van der Waals surface area (Å²) in [6.07, 6.45) is -0.711. The summed E-state index contributed by atoms with van der Waals surface area (Å²) >= 11 is 6.03. The van der Waals surface area contributed by atoms with Gasteiger partial charge >= 0.3 is 5.97 Å². The molecule has 1 amide bonds. The summed E-state index contributed by atoms with van der Waals surface area (Å²) in [4.78, 5) is 24.3. The fourth-order valence-electron chi connectivity index (χ4n) is 2.29. The Morgan fingerprint density at radius 2 is 1.88 bits per heavy atom. The van der Waals surface area contributed by atoms with E-state index in [2.05, 4.69) is 5.32 Å². The number of hydrogen-bond acceptors (Lipinski definition) is 4. The number of rotatable bonds is 6. The fourth-order valence-corrected chi connectivity index (χ4v) is 2.49. The summed E-state index contributed by atoms with van der Waals surface area (Å²) in [7, 11) is 0. The first kappa shape index (κ1) is 19.8. The lowest BCUT2D eigenvalue weighted by Gasteiger charge is -2.17. The van der Waals surface area contributed by atoms with Gasteiger partial charge in [-0.25, -0.2) is 4.79 Å². The minimum absolute atomic E-state index is 0.203. The van der Waals surface area contributed by atoms with E-state index < -0.39 is 12.1 Å². The molecule has 0 saturated carbocycles. The fraction of sp³-hybridized carbons (Fsp3) is 0.300. The monoisotopic (exact) mass is 375 g/mol. The first-order valence-electron chi connectivity index (χ1n) is 8.33. The van der Waals surface area contributed by atoms with Gasteiger partial charge in [0, 0.05) is 5.69 Å².